The molecule has 1 saturated heterocycles. The van der Waals surface area contributed by atoms with Crippen LogP contribution in [0.4, 0.5) is 0 Å². The second-order valence-corrected chi connectivity index (χ2v) is 6.87. The lowest BCUT2D eigenvalue weighted by Gasteiger charge is -2.38. The van der Waals surface area contributed by atoms with Gasteiger partial charge in [0.05, 0.1) is 6.54 Å². The van der Waals surface area contributed by atoms with Gasteiger partial charge < -0.3 is 14.8 Å². The van der Waals surface area contributed by atoms with Crippen molar-refractivity contribution in [2.75, 3.05) is 13.1 Å². The van der Waals surface area contributed by atoms with Crippen LogP contribution in [-0.4, -0.2) is 39.5 Å². The Morgan fingerprint density at radius 3 is 2.84 bits per heavy atom. The highest BCUT2D eigenvalue weighted by Gasteiger charge is 2.28. The van der Waals surface area contributed by atoms with Crippen LogP contribution in [0.3, 0.4) is 0 Å². The van der Waals surface area contributed by atoms with Crippen LogP contribution in [0.25, 0.3) is 0 Å². The average molecular weight is 340 g/mol. The Labute approximate surface area is 150 Å². The fourth-order valence-corrected chi connectivity index (χ4v) is 3.65. The Morgan fingerprint density at radius 1 is 1.32 bits per heavy atom. The van der Waals surface area contributed by atoms with E-state index in [-0.39, 0.29) is 5.91 Å². The number of likely N-dealkylation sites (tertiary alicyclic amines) is 1. The van der Waals surface area contributed by atoms with E-state index in [0.717, 1.165) is 44.8 Å². The van der Waals surface area contributed by atoms with Gasteiger partial charge in [0.15, 0.2) is 0 Å². The molecule has 0 aliphatic carbocycles. The van der Waals surface area contributed by atoms with Gasteiger partial charge in [0.2, 0.25) is 5.91 Å². The zero-order chi connectivity index (χ0) is 17.6. The summed E-state index contributed by atoms with van der Waals surface area (Å²) in [6.07, 6.45) is 6.01. The number of piperidine rings is 1. The third-order valence-electron chi connectivity index (χ3n) is 5.22. The van der Waals surface area contributed by atoms with Crippen molar-refractivity contribution >= 4 is 5.91 Å². The van der Waals surface area contributed by atoms with E-state index in [4.69, 9.17) is 0 Å². The molecule has 1 aliphatic heterocycles. The third-order valence-corrected chi connectivity index (χ3v) is 5.22. The number of carbonyl (C=O) groups is 1. The Bertz CT molecular complexity index is 682. The minimum absolute atomic E-state index is 0.190. The van der Waals surface area contributed by atoms with Gasteiger partial charge in [0.25, 0.3) is 0 Å². The predicted octanol–water partition coefficient (Wildman–Crippen LogP) is 2.67. The molecule has 0 unspecified atom stereocenters. The molecule has 5 heteroatoms. The first-order valence-electron chi connectivity index (χ1n) is 9.20. The number of amides is 1. The monoisotopic (exact) mass is 340 g/mol. The number of carbonyl (C=O) groups excluding carboxylic acids is 1. The van der Waals surface area contributed by atoms with Gasteiger partial charge in [-0.1, -0.05) is 43.7 Å². The molecule has 2 aromatic rings. The van der Waals surface area contributed by atoms with Crippen LogP contribution >= 0.6 is 0 Å². The molecule has 1 N–H and O–H groups in total. The minimum Gasteiger partial charge on any atom is -0.343 e. The van der Waals surface area contributed by atoms with E-state index >= 15 is 0 Å². The second-order valence-electron chi connectivity index (χ2n) is 6.87. The van der Waals surface area contributed by atoms with Gasteiger partial charge in [-0.2, -0.15) is 0 Å². The molecule has 3 rings (SSSR count). The zero-order valence-corrected chi connectivity index (χ0v) is 15.2. The summed E-state index contributed by atoms with van der Waals surface area (Å²) < 4.78 is 2.20. The molecule has 0 radical (unpaired) electrons. The summed E-state index contributed by atoms with van der Waals surface area (Å²) >= 11 is 0. The number of nitrogens with zero attached hydrogens (tertiary/aromatic N) is 3. The first-order valence-corrected chi connectivity index (χ1v) is 9.20. The highest BCUT2D eigenvalue weighted by atomic mass is 16.2. The number of hydrogen-bond acceptors (Lipinski definition) is 3. The van der Waals surface area contributed by atoms with Crippen molar-refractivity contribution in [2.24, 2.45) is 5.92 Å². The molecule has 2 atom stereocenters. The van der Waals surface area contributed by atoms with E-state index in [1.807, 2.05) is 23.4 Å². The summed E-state index contributed by atoms with van der Waals surface area (Å²) in [5, 5.41) is 3.69. The summed E-state index contributed by atoms with van der Waals surface area (Å²) in [6, 6.07) is 10.9. The van der Waals surface area contributed by atoms with E-state index < -0.39 is 0 Å². The molecule has 0 spiro atoms. The molecule has 0 bridgehead atoms. The van der Waals surface area contributed by atoms with Crippen molar-refractivity contribution < 1.29 is 4.79 Å². The SMILES string of the molecule is CC[C@H]1CN(C(C)=O)CC[C@H]1NCc1nccn1Cc1ccccc1. The van der Waals surface area contributed by atoms with Crippen molar-refractivity contribution in [3.8, 4) is 0 Å². The lowest BCUT2D eigenvalue weighted by atomic mass is 9.90. The van der Waals surface area contributed by atoms with Crippen LogP contribution in [-0.2, 0) is 17.9 Å². The molecule has 1 amide bonds. The molecular formula is C20H28N4O. The van der Waals surface area contributed by atoms with Crippen LogP contribution in [0.1, 0.15) is 38.1 Å². The van der Waals surface area contributed by atoms with E-state index in [1.165, 1.54) is 5.56 Å². The lowest BCUT2D eigenvalue weighted by Crippen LogP contribution is -2.50. The van der Waals surface area contributed by atoms with Crippen LogP contribution < -0.4 is 5.32 Å². The van der Waals surface area contributed by atoms with Gasteiger partial charge in [0.1, 0.15) is 5.82 Å². The highest BCUT2D eigenvalue weighted by Crippen LogP contribution is 2.21. The van der Waals surface area contributed by atoms with E-state index in [9.17, 15) is 4.79 Å². The highest BCUT2D eigenvalue weighted by molar-refractivity contribution is 5.73. The molecule has 5 nitrogen and oxygen atoms in total. The summed E-state index contributed by atoms with van der Waals surface area (Å²) in [5.74, 6) is 1.76. The Kier molecular flexibility index (Phi) is 5.87. The van der Waals surface area contributed by atoms with Crippen LogP contribution in [0.15, 0.2) is 42.7 Å². The van der Waals surface area contributed by atoms with Crippen molar-refractivity contribution in [3.05, 3.63) is 54.1 Å². The molecule has 25 heavy (non-hydrogen) atoms. The number of benzene rings is 1. The third kappa shape index (κ3) is 4.48. The molecule has 1 aliphatic rings. The number of imidazole rings is 1. The smallest absolute Gasteiger partial charge is 0.219 e. The van der Waals surface area contributed by atoms with Crippen molar-refractivity contribution in [3.63, 3.8) is 0 Å². The van der Waals surface area contributed by atoms with Gasteiger partial charge >= 0.3 is 0 Å². The molecule has 1 fully saturated rings. The van der Waals surface area contributed by atoms with E-state index in [2.05, 4.69) is 46.1 Å². The van der Waals surface area contributed by atoms with Gasteiger partial charge in [-0.25, -0.2) is 4.98 Å². The first-order chi connectivity index (χ1) is 12.2. The van der Waals surface area contributed by atoms with Crippen LogP contribution in [0.2, 0.25) is 0 Å². The second kappa shape index (κ2) is 8.30. The molecule has 134 valence electrons. The summed E-state index contributed by atoms with van der Waals surface area (Å²) in [6.45, 7) is 7.20. The number of nitrogens with one attached hydrogen (secondary N) is 1. The van der Waals surface area contributed by atoms with Gasteiger partial charge in [-0.05, 0) is 17.9 Å². The Morgan fingerprint density at radius 2 is 2.12 bits per heavy atom. The number of hydrogen-bond donors (Lipinski definition) is 1. The Balaban J connectivity index is 1.59. The zero-order valence-electron chi connectivity index (χ0n) is 15.2. The molecule has 0 saturated carbocycles. The fourth-order valence-electron chi connectivity index (χ4n) is 3.65. The van der Waals surface area contributed by atoms with Gasteiger partial charge in [0, 0.05) is 45.0 Å². The Hall–Kier alpha value is -2.14. The average Bonchev–Trinajstić information content (AvgIpc) is 3.07. The normalized spacial score (nSPS) is 20.6. The first kappa shape index (κ1) is 17.7. The molecular weight excluding hydrogens is 312 g/mol. The summed E-state index contributed by atoms with van der Waals surface area (Å²) in [5.41, 5.74) is 1.28. The minimum atomic E-state index is 0.190. The van der Waals surface area contributed by atoms with E-state index in [0.29, 0.717) is 12.0 Å². The number of aromatic nitrogens is 2. The predicted molar refractivity (Wildman–Crippen MR) is 99.1 cm³/mol. The molecule has 1 aromatic carbocycles. The largest absolute Gasteiger partial charge is 0.343 e. The number of rotatable bonds is 6. The van der Waals surface area contributed by atoms with Crippen molar-refractivity contribution in [2.45, 2.75) is 45.8 Å². The van der Waals surface area contributed by atoms with Crippen LogP contribution in [0.5, 0.6) is 0 Å². The molecule has 2 heterocycles. The maximum absolute atomic E-state index is 11.6. The lowest BCUT2D eigenvalue weighted by molar-refractivity contribution is -0.131. The maximum Gasteiger partial charge on any atom is 0.219 e. The maximum atomic E-state index is 11.6. The van der Waals surface area contributed by atoms with Crippen LogP contribution in [0, 0.1) is 5.92 Å². The topological polar surface area (TPSA) is 50.2 Å². The summed E-state index contributed by atoms with van der Waals surface area (Å²) in [4.78, 5) is 18.1. The quantitative estimate of drug-likeness (QED) is 0.879. The van der Waals surface area contributed by atoms with Crippen molar-refractivity contribution in [1.29, 1.82) is 0 Å². The van der Waals surface area contributed by atoms with Gasteiger partial charge in [-0.3, -0.25) is 4.79 Å². The fraction of sp³-hybridized carbons (Fsp3) is 0.500. The summed E-state index contributed by atoms with van der Waals surface area (Å²) in [7, 11) is 0. The van der Waals surface area contributed by atoms with Crippen molar-refractivity contribution in [1.82, 2.24) is 19.8 Å². The molecule has 1 aromatic heterocycles. The van der Waals surface area contributed by atoms with Gasteiger partial charge in [-0.15, -0.1) is 0 Å². The standard InChI is InChI=1S/C20H28N4O/c1-3-18-15-23(16(2)25)11-9-19(18)22-13-20-21-10-12-24(20)14-17-7-5-4-6-8-17/h4-8,10,12,18-19,22H,3,9,11,13-15H2,1-2H3/t18-,19+/m0/s1. The van der Waals surface area contributed by atoms with E-state index in [1.54, 1.807) is 6.92 Å².